The highest BCUT2D eigenvalue weighted by Crippen LogP contribution is 2.40. The molecule has 0 fully saturated rings. The second kappa shape index (κ2) is 14.7. The van der Waals surface area contributed by atoms with Gasteiger partial charge in [-0.2, -0.15) is 0 Å². The van der Waals surface area contributed by atoms with Gasteiger partial charge in [0, 0.05) is 57.2 Å². The fourth-order valence-corrected chi connectivity index (χ4v) is 8.76. The molecule has 8 aromatic carbocycles. The van der Waals surface area contributed by atoms with E-state index < -0.39 is 0 Å². The topological polar surface area (TPSA) is 92.3 Å². The zero-order valence-corrected chi connectivity index (χ0v) is 33.1. The molecule has 6 heteroatoms. The minimum Gasteiger partial charge on any atom is -0.361 e. The highest BCUT2D eigenvalue weighted by molar-refractivity contribution is 6.32. The van der Waals surface area contributed by atoms with E-state index in [2.05, 4.69) is 22.8 Å². The van der Waals surface area contributed by atoms with Crippen molar-refractivity contribution in [3.8, 4) is 22.3 Å². The standard InChI is InChI=1S/C56H34N2O4/c59-53-23-17-33-7-3-5-11-43(33)51(53)31-57-41-19-13-35(14-20-41)45-27-39-29-49-50(56(62)48-26-38-10-2-1-9-37(38)25-47(48)55(49)61)30-40(39)28-46(45)36-15-21-42(22-16-36)58-32-52-44-12-6-4-8-34(44)18-24-54(52)60/h1-32,57-58H/b51-31+,52-32+. The third-order valence-electron chi connectivity index (χ3n) is 12.0. The monoisotopic (exact) mass is 798 g/mol. The van der Waals surface area contributed by atoms with Gasteiger partial charge in [-0.1, -0.05) is 109 Å². The summed E-state index contributed by atoms with van der Waals surface area (Å²) in [5.41, 5.74) is 11.9. The molecular formula is C56H34N2O4. The number of benzene rings is 8. The number of carbonyl (C=O) groups is 4. The molecule has 0 saturated carbocycles. The number of fused-ring (bicyclic) bond motifs is 6. The molecule has 0 atom stereocenters. The first-order valence-electron chi connectivity index (χ1n) is 20.4. The van der Waals surface area contributed by atoms with Crippen LogP contribution in [0.25, 0.3) is 67.1 Å². The Hall–Kier alpha value is -8.48. The molecule has 3 aliphatic rings. The van der Waals surface area contributed by atoms with Crippen molar-refractivity contribution in [1.29, 1.82) is 0 Å². The van der Waals surface area contributed by atoms with Gasteiger partial charge in [-0.05, 0) is 139 Å². The molecule has 0 spiro atoms. The van der Waals surface area contributed by atoms with Gasteiger partial charge in [0.15, 0.2) is 23.1 Å². The summed E-state index contributed by atoms with van der Waals surface area (Å²) in [6.07, 6.45) is 10.4. The molecule has 0 saturated heterocycles. The van der Waals surface area contributed by atoms with Gasteiger partial charge in [0.25, 0.3) is 0 Å². The lowest BCUT2D eigenvalue weighted by Gasteiger charge is -2.20. The summed E-state index contributed by atoms with van der Waals surface area (Å²) in [7, 11) is 0. The van der Waals surface area contributed by atoms with Crippen LogP contribution in [0.4, 0.5) is 11.4 Å². The van der Waals surface area contributed by atoms with Crippen molar-refractivity contribution < 1.29 is 19.2 Å². The Morgan fingerprint density at radius 1 is 0.323 bits per heavy atom. The SMILES string of the molecule is O=C1C=Cc2ccccc2/C1=C\Nc1ccc(-c2cc3cc4c(cc3cc2-c2ccc(N/C=C3/C(=O)C=Cc5ccccc53)cc2)C(=O)c2cc3ccccc3cc2C4=O)cc1. The van der Waals surface area contributed by atoms with E-state index in [4.69, 9.17) is 0 Å². The number of nitrogens with one attached hydrogen (secondary N) is 2. The van der Waals surface area contributed by atoms with E-state index in [-0.39, 0.29) is 23.1 Å². The maximum atomic E-state index is 14.1. The minimum absolute atomic E-state index is 0.0596. The molecule has 2 N–H and O–H groups in total. The van der Waals surface area contributed by atoms with Crippen molar-refractivity contribution in [3.05, 3.63) is 227 Å². The van der Waals surface area contributed by atoms with Crippen LogP contribution in [-0.2, 0) is 9.59 Å². The number of allylic oxidation sites excluding steroid dienone is 4. The molecule has 0 aliphatic heterocycles. The zero-order valence-electron chi connectivity index (χ0n) is 33.1. The van der Waals surface area contributed by atoms with Crippen molar-refractivity contribution in [2.24, 2.45) is 0 Å². The van der Waals surface area contributed by atoms with E-state index >= 15 is 0 Å². The molecule has 62 heavy (non-hydrogen) atoms. The molecule has 6 nitrogen and oxygen atoms in total. The van der Waals surface area contributed by atoms with Crippen LogP contribution in [-0.4, -0.2) is 23.1 Å². The molecule has 0 heterocycles. The molecule has 0 aromatic heterocycles. The van der Waals surface area contributed by atoms with Gasteiger partial charge < -0.3 is 10.6 Å². The number of anilines is 2. The van der Waals surface area contributed by atoms with Crippen LogP contribution >= 0.6 is 0 Å². The average molecular weight is 799 g/mol. The zero-order chi connectivity index (χ0) is 41.9. The summed E-state index contributed by atoms with van der Waals surface area (Å²) in [6.45, 7) is 0. The van der Waals surface area contributed by atoms with Crippen LogP contribution in [0.15, 0.2) is 182 Å². The number of hydrogen-bond donors (Lipinski definition) is 2. The summed E-state index contributed by atoms with van der Waals surface area (Å²) >= 11 is 0. The first-order chi connectivity index (χ1) is 30.4. The van der Waals surface area contributed by atoms with E-state index in [9.17, 15) is 19.2 Å². The third kappa shape index (κ3) is 6.30. The van der Waals surface area contributed by atoms with Gasteiger partial charge in [0.1, 0.15) is 0 Å². The van der Waals surface area contributed by atoms with Crippen LogP contribution in [0.3, 0.4) is 0 Å². The van der Waals surface area contributed by atoms with Gasteiger partial charge in [0.05, 0.1) is 0 Å². The lowest BCUT2D eigenvalue weighted by molar-refractivity contribution is -0.110. The Morgan fingerprint density at radius 3 is 1.10 bits per heavy atom. The lowest BCUT2D eigenvalue weighted by atomic mass is 9.81. The van der Waals surface area contributed by atoms with Crippen LogP contribution in [0.5, 0.6) is 0 Å². The average Bonchev–Trinajstić information content (AvgIpc) is 3.31. The Labute approximate surface area is 356 Å². The molecular weight excluding hydrogens is 765 g/mol. The predicted molar refractivity (Wildman–Crippen MR) is 250 cm³/mol. The lowest BCUT2D eigenvalue weighted by Crippen LogP contribution is -2.21. The molecule has 11 rings (SSSR count). The predicted octanol–water partition coefficient (Wildman–Crippen LogP) is 12.2. The quantitative estimate of drug-likeness (QED) is 0.163. The van der Waals surface area contributed by atoms with Crippen LogP contribution in [0, 0.1) is 0 Å². The van der Waals surface area contributed by atoms with E-state index in [1.165, 1.54) is 0 Å². The molecule has 292 valence electrons. The van der Waals surface area contributed by atoms with Gasteiger partial charge in [0.2, 0.25) is 0 Å². The Bertz CT molecular complexity index is 3180. The van der Waals surface area contributed by atoms with Crippen molar-refractivity contribution in [2.45, 2.75) is 0 Å². The van der Waals surface area contributed by atoms with Gasteiger partial charge in [-0.25, -0.2) is 0 Å². The second-order valence-electron chi connectivity index (χ2n) is 15.7. The Balaban J connectivity index is 0.978. The molecule has 0 unspecified atom stereocenters. The highest BCUT2D eigenvalue weighted by atomic mass is 16.1. The van der Waals surface area contributed by atoms with Crippen LogP contribution < -0.4 is 10.6 Å². The first kappa shape index (κ1) is 36.6. The molecule has 3 aliphatic carbocycles. The largest absolute Gasteiger partial charge is 0.361 e. The number of ketones is 4. The summed E-state index contributed by atoms with van der Waals surface area (Å²) in [5.74, 6) is -0.453. The van der Waals surface area contributed by atoms with Gasteiger partial charge >= 0.3 is 0 Å². The molecule has 0 bridgehead atoms. The summed E-state index contributed by atoms with van der Waals surface area (Å²) in [5, 5.41) is 10.1. The summed E-state index contributed by atoms with van der Waals surface area (Å²) in [6, 6.07) is 51.0. The van der Waals surface area contributed by atoms with Crippen molar-refractivity contribution in [2.75, 3.05) is 10.6 Å². The van der Waals surface area contributed by atoms with Gasteiger partial charge in [-0.15, -0.1) is 0 Å². The van der Waals surface area contributed by atoms with Crippen molar-refractivity contribution >= 4 is 79.4 Å². The van der Waals surface area contributed by atoms with Gasteiger partial charge in [-0.3, -0.25) is 19.2 Å². The summed E-state index contributed by atoms with van der Waals surface area (Å²) in [4.78, 5) is 54.0. The fraction of sp³-hybridized carbons (Fsp3) is 0. The van der Waals surface area contributed by atoms with Crippen molar-refractivity contribution in [3.63, 3.8) is 0 Å². The van der Waals surface area contributed by atoms with Crippen LogP contribution in [0.1, 0.15) is 54.1 Å². The third-order valence-corrected chi connectivity index (χ3v) is 12.0. The smallest absolute Gasteiger partial charge is 0.194 e. The Kier molecular flexibility index (Phi) is 8.65. The second-order valence-corrected chi connectivity index (χ2v) is 15.7. The highest BCUT2D eigenvalue weighted by Gasteiger charge is 2.31. The normalized spacial score (nSPS) is 15.2. The molecule has 0 amide bonds. The maximum Gasteiger partial charge on any atom is 0.194 e. The van der Waals surface area contributed by atoms with E-state index in [0.717, 1.165) is 77.4 Å². The summed E-state index contributed by atoms with van der Waals surface area (Å²) < 4.78 is 0. The van der Waals surface area contributed by atoms with Crippen LogP contribution in [0.2, 0.25) is 0 Å². The maximum absolute atomic E-state index is 14.1. The van der Waals surface area contributed by atoms with E-state index in [1.54, 1.807) is 24.6 Å². The van der Waals surface area contributed by atoms with Crippen molar-refractivity contribution in [1.82, 2.24) is 0 Å². The molecule has 0 radical (unpaired) electrons. The Morgan fingerprint density at radius 2 is 0.677 bits per heavy atom. The number of hydrogen-bond acceptors (Lipinski definition) is 6. The minimum atomic E-state index is -0.167. The van der Waals surface area contributed by atoms with E-state index in [0.29, 0.717) is 33.4 Å². The molecule has 8 aromatic rings. The first-order valence-corrected chi connectivity index (χ1v) is 20.4. The number of rotatable bonds is 6. The number of carbonyl (C=O) groups excluding carboxylic acids is 4. The fourth-order valence-electron chi connectivity index (χ4n) is 8.76. The van der Waals surface area contributed by atoms with E-state index in [1.807, 2.05) is 158 Å².